The minimum atomic E-state index is -3.40. The van der Waals surface area contributed by atoms with Crippen LogP contribution in [0.1, 0.15) is 47.3 Å². The molecule has 1 aliphatic heterocycles. The maximum absolute atomic E-state index is 12.9. The summed E-state index contributed by atoms with van der Waals surface area (Å²) in [4.78, 5) is 16.9. The number of carbonyl (C=O) groups is 1. The van der Waals surface area contributed by atoms with E-state index in [0.717, 1.165) is 17.7 Å². The Morgan fingerprint density at radius 3 is 2.37 bits per heavy atom. The van der Waals surface area contributed by atoms with Crippen LogP contribution in [0.3, 0.4) is 0 Å². The number of thiophene rings is 1. The molecule has 0 N–H and O–H groups in total. The quantitative estimate of drug-likeness (QED) is 0.765. The normalized spacial score (nSPS) is 22.1. The molecule has 1 aliphatic carbocycles. The van der Waals surface area contributed by atoms with E-state index in [4.69, 9.17) is 0 Å². The zero-order chi connectivity index (χ0) is 20.0. The van der Waals surface area contributed by atoms with Crippen LogP contribution in [0.25, 0.3) is 0 Å². The second kappa shape index (κ2) is 7.46. The molecule has 1 fully saturated rings. The molecule has 1 amide bonds. The zero-order valence-electron chi connectivity index (χ0n) is 17.0. The number of hydrogen-bond acceptors (Lipinski definition) is 4. The summed E-state index contributed by atoms with van der Waals surface area (Å²) < 4.78 is 27.1. The highest BCUT2D eigenvalue weighted by molar-refractivity contribution is 7.86. The summed E-state index contributed by atoms with van der Waals surface area (Å²) in [6.45, 7) is 8.47. The summed E-state index contributed by atoms with van der Waals surface area (Å²) in [7, 11) is -0.334. The van der Waals surface area contributed by atoms with Crippen molar-refractivity contribution >= 4 is 27.5 Å². The van der Waals surface area contributed by atoms with E-state index in [1.54, 1.807) is 16.2 Å². The van der Waals surface area contributed by atoms with Gasteiger partial charge in [0.2, 0.25) is 0 Å². The largest absolute Gasteiger partial charge is 0.335 e. The fourth-order valence-corrected chi connectivity index (χ4v) is 6.14. The van der Waals surface area contributed by atoms with Crippen LogP contribution in [-0.4, -0.2) is 68.1 Å². The van der Waals surface area contributed by atoms with Gasteiger partial charge in [0.25, 0.3) is 16.1 Å². The first-order chi connectivity index (χ1) is 12.5. The molecule has 1 atom stereocenters. The molecule has 0 unspecified atom stereocenters. The molecule has 0 saturated carbocycles. The third-order valence-electron chi connectivity index (χ3n) is 5.83. The summed E-state index contributed by atoms with van der Waals surface area (Å²) in [6.07, 6.45) is 3.30. The summed E-state index contributed by atoms with van der Waals surface area (Å²) in [5, 5.41) is 0. The maximum Gasteiger partial charge on any atom is 0.281 e. The van der Waals surface area contributed by atoms with Crippen LogP contribution in [0.4, 0.5) is 0 Å². The average Bonchev–Trinajstić information content (AvgIpc) is 3.03. The maximum atomic E-state index is 12.9. The number of nitrogens with zero attached hydrogens (tertiary/aromatic N) is 3. The molecule has 152 valence electrons. The Hall–Kier alpha value is -0.960. The molecule has 2 aliphatic rings. The van der Waals surface area contributed by atoms with Crippen LogP contribution in [0, 0.1) is 11.3 Å². The first kappa shape index (κ1) is 20.8. The lowest BCUT2D eigenvalue weighted by Crippen LogP contribution is -2.52. The lowest BCUT2D eigenvalue weighted by molar-refractivity contribution is 0.0700. The van der Waals surface area contributed by atoms with Crippen LogP contribution >= 0.6 is 11.3 Å². The van der Waals surface area contributed by atoms with E-state index < -0.39 is 10.2 Å². The third-order valence-corrected chi connectivity index (χ3v) is 9.00. The third kappa shape index (κ3) is 4.23. The van der Waals surface area contributed by atoms with Gasteiger partial charge in [-0.1, -0.05) is 20.8 Å². The first-order valence-corrected chi connectivity index (χ1v) is 11.8. The summed E-state index contributed by atoms with van der Waals surface area (Å²) in [5.74, 6) is 0.700. The molecule has 0 spiro atoms. The molecular formula is C19H31N3O3S2. The Bertz CT molecular complexity index is 801. The predicted octanol–water partition coefficient (Wildman–Crippen LogP) is 2.46. The highest BCUT2D eigenvalue weighted by Gasteiger charge is 2.33. The monoisotopic (exact) mass is 413 g/mol. The highest BCUT2D eigenvalue weighted by atomic mass is 32.2. The van der Waals surface area contributed by atoms with E-state index >= 15 is 0 Å². The van der Waals surface area contributed by atoms with Gasteiger partial charge in [-0.15, -0.1) is 11.3 Å². The molecule has 1 aromatic heterocycles. The highest BCUT2D eigenvalue weighted by Crippen LogP contribution is 2.40. The van der Waals surface area contributed by atoms with Gasteiger partial charge in [-0.25, -0.2) is 0 Å². The number of rotatable bonds is 3. The standard InChI is InChI=1S/C19H31N3O3S2/c1-19(2,3)15-6-7-16-14(12-15)13-17(26-16)18(23)21-8-10-22(11-9-21)27(24,25)20(4)5/h13,15H,6-12H2,1-5H3/t15-/m0/s1. The molecule has 3 rings (SSSR count). The van der Waals surface area contributed by atoms with E-state index in [1.807, 2.05) is 0 Å². The molecule has 1 aromatic rings. The van der Waals surface area contributed by atoms with Gasteiger partial charge in [-0.2, -0.15) is 17.0 Å². The number of aryl methyl sites for hydroxylation is 1. The molecule has 6 nitrogen and oxygen atoms in total. The lowest BCUT2D eigenvalue weighted by Gasteiger charge is -2.34. The fraction of sp³-hybridized carbons (Fsp3) is 0.737. The lowest BCUT2D eigenvalue weighted by atomic mass is 9.72. The van der Waals surface area contributed by atoms with Gasteiger partial charge in [-0.05, 0) is 42.2 Å². The minimum absolute atomic E-state index is 0.0450. The van der Waals surface area contributed by atoms with E-state index in [1.165, 1.54) is 39.6 Å². The summed E-state index contributed by atoms with van der Waals surface area (Å²) in [5.41, 5.74) is 1.63. The van der Waals surface area contributed by atoms with Gasteiger partial charge >= 0.3 is 0 Å². The summed E-state index contributed by atoms with van der Waals surface area (Å²) in [6, 6.07) is 2.09. The van der Waals surface area contributed by atoms with Gasteiger partial charge in [0.05, 0.1) is 4.88 Å². The van der Waals surface area contributed by atoms with Crippen molar-refractivity contribution in [3.05, 3.63) is 21.4 Å². The molecule has 8 heteroatoms. The Morgan fingerprint density at radius 1 is 1.19 bits per heavy atom. The van der Waals surface area contributed by atoms with Crippen molar-refractivity contribution in [1.29, 1.82) is 0 Å². The number of piperazine rings is 1. The number of fused-ring (bicyclic) bond motifs is 1. The van der Waals surface area contributed by atoms with Crippen LogP contribution in [0.2, 0.25) is 0 Å². The van der Waals surface area contributed by atoms with Crippen molar-refractivity contribution in [2.24, 2.45) is 11.3 Å². The van der Waals surface area contributed by atoms with Gasteiger partial charge in [-0.3, -0.25) is 4.79 Å². The fourth-order valence-electron chi connectivity index (χ4n) is 3.88. The molecule has 1 saturated heterocycles. The van der Waals surface area contributed by atoms with Crippen LogP contribution in [-0.2, 0) is 23.1 Å². The van der Waals surface area contributed by atoms with Gasteiger partial charge in [0.1, 0.15) is 0 Å². The second-order valence-corrected chi connectivity index (χ2v) is 12.1. The van der Waals surface area contributed by atoms with Gasteiger partial charge in [0.15, 0.2) is 0 Å². The molecule has 0 bridgehead atoms. The van der Waals surface area contributed by atoms with Gasteiger partial charge in [0, 0.05) is 45.2 Å². The zero-order valence-corrected chi connectivity index (χ0v) is 18.6. The minimum Gasteiger partial charge on any atom is -0.335 e. The van der Waals surface area contributed by atoms with E-state index in [-0.39, 0.29) is 11.3 Å². The SMILES string of the molecule is CN(C)S(=O)(=O)N1CCN(C(=O)c2cc3c(s2)CC[C@H](C(C)(C)C)C3)CC1. The smallest absolute Gasteiger partial charge is 0.281 e. The van der Waals surface area contributed by atoms with Crippen LogP contribution in [0.5, 0.6) is 0 Å². The van der Waals surface area contributed by atoms with Crippen LogP contribution in [0.15, 0.2) is 6.07 Å². The van der Waals surface area contributed by atoms with Gasteiger partial charge < -0.3 is 4.90 Å². The Labute approximate surface area is 167 Å². The number of amides is 1. The Balaban J connectivity index is 1.66. The average molecular weight is 414 g/mol. The Morgan fingerprint density at radius 2 is 1.81 bits per heavy atom. The van der Waals surface area contributed by atoms with Crippen molar-refractivity contribution in [3.8, 4) is 0 Å². The molecule has 0 aromatic carbocycles. The number of carbonyl (C=O) groups excluding carboxylic acids is 1. The van der Waals surface area contributed by atoms with Crippen molar-refractivity contribution in [1.82, 2.24) is 13.5 Å². The van der Waals surface area contributed by atoms with E-state index in [2.05, 4.69) is 26.8 Å². The Kier molecular flexibility index (Phi) is 5.74. The molecule has 0 radical (unpaired) electrons. The van der Waals surface area contributed by atoms with Crippen LogP contribution < -0.4 is 0 Å². The van der Waals surface area contributed by atoms with Crippen molar-refractivity contribution < 1.29 is 13.2 Å². The van der Waals surface area contributed by atoms with Crippen molar-refractivity contribution in [3.63, 3.8) is 0 Å². The summed E-state index contributed by atoms with van der Waals surface area (Å²) >= 11 is 1.63. The van der Waals surface area contributed by atoms with E-state index in [9.17, 15) is 13.2 Å². The van der Waals surface area contributed by atoms with Crippen molar-refractivity contribution in [2.45, 2.75) is 40.0 Å². The molecular weight excluding hydrogens is 382 g/mol. The molecule has 27 heavy (non-hydrogen) atoms. The van der Waals surface area contributed by atoms with Crippen molar-refractivity contribution in [2.75, 3.05) is 40.3 Å². The first-order valence-electron chi connectivity index (χ1n) is 9.58. The number of hydrogen-bond donors (Lipinski definition) is 0. The molecule has 2 heterocycles. The second-order valence-electron chi connectivity index (χ2n) is 8.85. The topological polar surface area (TPSA) is 60.9 Å². The predicted molar refractivity (Wildman–Crippen MR) is 109 cm³/mol. The van der Waals surface area contributed by atoms with E-state index in [0.29, 0.717) is 32.1 Å².